The summed E-state index contributed by atoms with van der Waals surface area (Å²) in [6.07, 6.45) is 2.66. The van der Waals surface area contributed by atoms with Crippen LogP contribution in [0.25, 0.3) is 0 Å². The van der Waals surface area contributed by atoms with Gasteiger partial charge in [-0.3, -0.25) is 0 Å². The van der Waals surface area contributed by atoms with Crippen LogP contribution in [0.1, 0.15) is 19.3 Å². The van der Waals surface area contributed by atoms with Crippen LogP contribution in [0.15, 0.2) is 18.2 Å². The summed E-state index contributed by atoms with van der Waals surface area (Å²) < 4.78 is 0. The summed E-state index contributed by atoms with van der Waals surface area (Å²) in [5.74, 6) is 0. The number of benzene rings is 1. The van der Waals surface area contributed by atoms with Gasteiger partial charge in [-0.2, -0.15) is 0 Å². The van der Waals surface area contributed by atoms with Crippen LogP contribution in [0, 0.1) is 0 Å². The second-order valence-corrected chi connectivity index (χ2v) is 4.78. The molecule has 1 fully saturated rings. The largest absolute Gasteiger partial charge is 0.391 e. The molecule has 2 N–H and O–H groups in total. The third-order valence-electron chi connectivity index (χ3n) is 2.69. The molecule has 0 aromatic heterocycles. The van der Waals surface area contributed by atoms with Gasteiger partial charge in [0.2, 0.25) is 0 Å². The van der Waals surface area contributed by atoms with Gasteiger partial charge in [-0.25, -0.2) is 0 Å². The quantitative estimate of drug-likeness (QED) is 0.838. The van der Waals surface area contributed by atoms with E-state index in [-0.39, 0.29) is 12.1 Å². The topological polar surface area (TPSA) is 32.3 Å². The Labute approximate surface area is 99.2 Å². The van der Waals surface area contributed by atoms with Crippen LogP contribution < -0.4 is 5.32 Å². The van der Waals surface area contributed by atoms with E-state index in [2.05, 4.69) is 5.32 Å². The first-order valence-electron chi connectivity index (χ1n) is 5.06. The minimum Gasteiger partial charge on any atom is -0.391 e. The molecular formula is C11H13Cl2NO. The molecule has 0 spiro atoms. The average Bonchev–Trinajstić information content (AvgIpc) is 2.50. The van der Waals surface area contributed by atoms with E-state index in [1.54, 1.807) is 6.07 Å². The van der Waals surface area contributed by atoms with Gasteiger partial charge in [0.05, 0.1) is 12.1 Å². The van der Waals surface area contributed by atoms with Gasteiger partial charge in [0.25, 0.3) is 0 Å². The number of nitrogens with one attached hydrogen (secondary N) is 1. The number of anilines is 1. The van der Waals surface area contributed by atoms with E-state index in [1.807, 2.05) is 12.1 Å². The van der Waals surface area contributed by atoms with E-state index in [4.69, 9.17) is 23.2 Å². The Bertz CT molecular complexity index is 336. The maximum atomic E-state index is 9.66. The molecule has 1 aromatic rings. The zero-order chi connectivity index (χ0) is 10.8. The summed E-state index contributed by atoms with van der Waals surface area (Å²) in [4.78, 5) is 0. The van der Waals surface area contributed by atoms with Crippen molar-refractivity contribution < 1.29 is 5.11 Å². The monoisotopic (exact) mass is 245 g/mol. The Balaban J connectivity index is 2.10. The smallest absolute Gasteiger partial charge is 0.0741 e. The van der Waals surface area contributed by atoms with Crippen molar-refractivity contribution in [3.8, 4) is 0 Å². The van der Waals surface area contributed by atoms with Crippen LogP contribution in [0.5, 0.6) is 0 Å². The molecule has 0 bridgehead atoms. The maximum absolute atomic E-state index is 9.66. The molecule has 1 saturated carbocycles. The highest BCUT2D eigenvalue weighted by Crippen LogP contribution is 2.27. The van der Waals surface area contributed by atoms with Gasteiger partial charge in [-0.15, -0.1) is 0 Å². The molecule has 0 saturated heterocycles. The highest BCUT2D eigenvalue weighted by Gasteiger charge is 2.24. The number of aliphatic hydroxyl groups excluding tert-OH is 1. The Morgan fingerprint density at radius 3 is 2.33 bits per heavy atom. The van der Waals surface area contributed by atoms with E-state index in [0.717, 1.165) is 24.9 Å². The summed E-state index contributed by atoms with van der Waals surface area (Å²) >= 11 is 11.8. The Hall–Kier alpha value is -0.440. The summed E-state index contributed by atoms with van der Waals surface area (Å²) in [6.45, 7) is 0. The lowest BCUT2D eigenvalue weighted by Crippen LogP contribution is -2.27. The van der Waals surface area contributed by atoms with Gasteiger partial charge in [0, 0.05) is 15.7 Å². The fraction of sp³-hybridized carbons (Fsp3) is 0.455. The minimum absolute atomic E-state index is 0.125. The van der Waals surface area contributed by atoms with Crippen molar-refractivity contribution in [2.45, 2.75) is 31.4 Å². The SMILES string of the molecule is O[C@H]1CCC[C@@H]1Nc1cc(Cl)cc(Cl)c1. The lowest BCUT2D eigenvalue weighted by molar-refractivity contribution is 0.172. The van der Waals surface area contributed by atoms with Gasteiger partial charge in [0.1, 0.15) is 0 Å². The molecule has 1 aromatic carbocycles. The molecule has 1 aliphatic rings. The number of rotatable bonds is 2. The number of halogens is 2. The Kier molecular flexibility index (Phi) is 3.39. The third kappa shape index (κ3) is 2.77. The van der Waals surface area contributed by atoms with Gasteiger partial charge < -0.3 is 10.4 Å². The molecule has 82 valence electrons. The predicted molar refractivity (Wildman–Crippen MR) is 63.7 cm³/mol. The van der Waals surface area contributed by atoms with Gasteiger partial charge in [-0.1, -0.05) is 23.2 Å². The first-order chi connectivity index (χ1) is 7.15. The van der Waals surface area contributed by atoms with Gasteiger partial charge in [-0.05, 0) is 37.5 Å². The molecular weight excluding hydrogens is 233 g/mol. The predicted octanol–water partition coefficient (Wildman–Crippen LogP) is 3.32. The molecule has 2 atom stereocenters. The molecule has 0 amide bonds. The summed E-state index contributed by atoms with van der Waals surface area (Å²) in [6, 6.07) is 5.45. The molecule has 0 heterocycles. The molecule has 1 aliphatic carbocycles. The summed E-state index contributed by atoms with van der Waals surface area (Å²) in [5, 5.41) is 14.1. The van der Waals surface area contributed by atoms with E-state index in [1.165, 1.54) is 0 Å². The zero-order valence-electron chi connectivity index (χ0n) is 8.21. The molecule has 2 rings (SSSR count). The number of hydrogen-bond acceptors (Lipinski definition) is 2. The van der Waals surface area contributed by atoms with Crippen LogP contribution in [-0.2, 0) is 0 Å². The summed E-state index contributed by atoms with van der Waals surface area (Å²) in [7, 11) is 0. The second kappa shape index (κ2) is 4.60. The van der Waals surface area contributed by atoms with Crippen LogP contribution in [0.2, 0.25) is 10.0 Å². The molecule has 0 unspecified atom stereocenters. The minimum atomic E-state index is -0.261. The highest BCUT2D eigenvalue weighted by molar-refractivity contribution is 6.35. The fourth-order valence-electron chi connectivity index (χ4n) is 1.96. The van der Waals surface area contributed by atoms with Gasteiger partial charge >= 0.3 is 0 Å². The van der Waals surface area contributed by atoms with Crippen molar-refractivity contribution >= 4 is 28.9 Å². The molecule has 4 heteroatoms. The van der Waals surface area contributed by atoms with E-state index in [9.17, 15) is 5.11 Å². The van der Waals surface area contributed by atoms with Crippen molar-refractivity contribution in [1.29, 1.82) is 0 Å². The average molecular weight is 246 g/mol. The van der Waals surface area contributed by atoms with E-state index < -0.39 is 0 Å². The lowest BCUT2D eigenvalue weighted by atomic mass is 10.2. The molecule has 15 heavy (non-hydrogen) atoms. The molecule has 0 radical (unpaired) electrons. The standard InChI is InChI=1S/C11H13Cl2NO/c12-7-4-8(13)6-9(5-7)14-10-2-1-3-11(10)15/h4-6,10-11,14-15H,1-3H2/t10-,11-/m0/s1. The normalized spacial score (nSPS) is 25.5. The van der Waals surface area contributed by atoms with Crippen molar-refractivity contribution in [2.24, 2.45) is 0 Å². The van der Waals surface area contributed by atoms with Crippen molar-refractivity contribution in [3.63, 3.8) is 0 Å². The van der Waals surface area contributed by atoms with Crippen molar-refractivity contribution in [2.75, 3.05) is 5.32 Å². The van der Waals surface area contributed by atoms with Crippen LogP contribution in [0.3, 0.4) is 0 Å². The number of hydrogen-bond donors (Lipinski definition) is 2. The number of aliphatic hydroxyl groups is 1. The third-order valence-corrected chi connectivity index (χ3v) is 3.13. The van der Waals surface area contributed by atoms with Crippen LogP contribution in [0.4, 0.5) is 5.69 Å². The summed E-state index contributed by atoms with van der Waals surface area (Å²) in [5.41, 5.74) is 0.874. The molecule has 2 nitrogen and oxygen atoms in total. The fourth-order valence-corrected chi connectivity index (χ4v) is 2.49. The maximum Gasteiger partial charge on any atom is 0.0741 e. The van der Waals surface area contributed by atoms with Crippen molar-refractivity contribution in [1.82, 2.24) is 0 Å². The van der Waals surface area contributed by atoms with Crippen molar-refractivity contribution in [3.05, 3.63) is 28.2 Å². The van der Waals surface area contributed by atoms with E-state index in [0.29, 0.717) is 10.0 Å². The van der Waals surface area contributed by atoms with Crippen LogP contribution in [-0.4, -0.2) is 17.3 Å². The Morgan fingerprint density at radius 2 is 1.80 bits per heavy atom. The van der Waals surface area contributed by atoms with E-state index >= 15 is 0 Å². The van der Waals surface area contributed by atoms with Gasteiger partial charge in [0.15, 0.2) is 0 Å². The lowest BCUT2D eigenvalue weighted by Gasteiger charge is -2.18. The molecule has 0 aliphatic heterocycles. The second-order valence-electron chi connectivity index (χ2n) is 3.91. The first-order valence-corrected chi connectivity index (χ1v) is 5.81. The Morgan fingerprint density at radius 1 is 1.13 bits per heavy atom. The zero-order valence-corrected chi connectivity index (χ0v) is 9.72. The first kappa shape index (κ1) is 11.1. The van der Waals surface area contributed by atoms with Crippen LogP contribution >= 0.6 is 23.2 Å². The highest BCUT2D eigenvalue weighted by atomic mass is 35.5.